The Labute approximate surface area is 146 Å². The lowest BCUT2D eigenvalue weighted by atomic mass is 10.0. The Kier molecular flexibility index (Phi) is 5.46. The highest BCUT2D eigenvalue weighted by Crippen LogP contribution is 2.19. The monoisotopic (exact) mass is 342 g/mol. The molecule has 1 heterocycles. The van der Waals surface area contributed by atoms with E-state index >= 15 is 0 Å². The van der Waals surface area contributed by atoms with Crippen LogP contribution in [0.2, 0.25) is 0 Å². The molecule has 8 nitrogen and oxygen atoms in total. The van der Waals surface area contributed by atoms with Crippen molar-refractivity contribution in [2.24, 2.45) is 0 Å². The number of nitrogens with zero attached hydrogens (tertiary/aromatic N) is 2. The van der Waals surface area contributed by atoms with Gasteiger partial charge in [-0.15, -0.1) is 0 Å². The number of amides is 2. The maximum absolute atomic E-state index is 12.3. The molecule has 0 aliphatic carbocycles. The lowest BCUT2D eigenvalue weighted by Gasteiger charge is -2.17. The first kappa shape index (κ1) is 18.5. The SMILES string of the molecule is [B]C(=O)NCc1ccc2nc(N[C@@H](C)C(=O)N(C)C)oc(=O)c2c1C. The number of likely N-dealkylation sites (N-methyl/N-ethyl adjacent to an activating group) is 1. The number of anilines is 1. The minimum Gasteiger partial charge on any atom is -0.389 e. The van der Waals surface area contributed by atoms with E-state index in [1.54, 1.807) is 40.1 Å². The van der Waals surface area contributed by atoms with Crippen LogP contribution in [0.15, 0.2) is 21.3 Å². The smallest absolute Gasteiger partial charge is 0.348 e. The number of hydrogen-bond donors (Lipinski definition) is 2. The number of carbonyl (C=O) groups excluding carboxylic acids is 2. The predicted octanol–water partition coefficient (Wildman–Crippen LogP) is 0.763. The topological polar surface area (TPSA) is 105 Å². The molecule has 2 aromatic rings. The van der Waals surface area contributed by atoms with Crippen molar-refractivity contribution in [2.75, 3.05) is 19.4 Å². The highest BCUT2D eigenvalue weighted by molar-refractivity contribution is 6.57. The van der Waals surface area contributed by atoms with E-state index < -0.39 is 17.5 Å². The zero-order valence-corrected chi connectivity index (χ0v) is 14.5. The van der Waals surface area contributed by atoms with Gasteiger partial charge in [0, 0.05) is 20.6 Å². The van der Waals surface area contributed by atoms with Crippen molar-refractivity contribution >= 4 is 36.5 Å². The Morgan fingerprint density at radius 2 is 2.04 bits per heavy atom. The Bertz CT molecular complexity index is 878. The van der Waals surface area contributed by atoms with Gasteiger partial charge in [-0.25, -0.2) is 4.79 Å². The van der Waals surface area contributed by atoms with Crippen molar-refractivity contribution < 1.29 is 14.0 Å². The van der Waals surface area contributed by atoms with E-state index in [4.69, 9.17) is 12.3 Å². The van der Waals surface area contributed by atoms with Crippen LogP contribution >= 0.6 is 0 Å². The van der Waals surface area contributed by atoms with Crippen molar-refractivity contribution in [1.29, 1.82) is 0 Å². The molecule has 25 heavy (non-hydrogen) atoms. The van der Waals surface area contributed by atoms with Gasteiger partial charge in [-0.3, -0.25) is 9.59 Å². The third-order valence-electron chi connectivity index (χ3n) is 3.77. The van der Waals surface area contributed by atoms with E-state index in [9.17, 15) is 14.4 Å². The molecule has 130 valence electrons. The number of benzene rings is 1. The third-order valence-corrected chi connectivity index (χ3v) is 3.77. The zero-order chi connectivity index (χ0) is 18.7. The van der Waals surface area contributed by atoms with E-state index in [0.29, 0.717) is 16.5 Å². The fourth-order valence-electron chi connectivity index (χ4n) is 2.43. The molecule has 0 bridgehead atoms. The number of hydrogen-bond acceptors (Lipinski definition) is 6. The maximum atomic E-state index is 12.3. The number of aryl methyl sites for hydroxylation is 1. The largest absolute Gasteiger partial charge is 0.389 e. The standard InChI is InChI=1S/C16H19BN4O4/c1-8-10(7-18-15(17)24)5-6-11-12(8)14(23)25-16(20-11)19-9(2)13(22)21(3)4/h5-6,9H,7H2,1-4H3,(H,18,24)(H,19,20)/t9-/m0/s1. The van der Waals surface area contributed by atoms with Gasteiger partial charge in [0.15, 0.2) is 5.81 Å². The van der Waals surface area contributed by atoms with Gasteiger partial charge in [-0.05, 0) is 31.0 Å². The molecule has 0 fully saturated rings. The molecular weight excluding hydrogens is 323 g/mol. The van der Waals surface area contributed by atoms with E-state index in [-0.39, 0.29) is 18.5 Å². The molecule has 9 heteroatoms. The van der Waals surface area contributed by atoms with Crippen LogP contribution in [-0.4, -0.2) is 49.6 Å². The minimum absolute atomic E-state index is 0.0254. The maximum Gasteiger partial charge on any atom is 0.348 e. The van der Waals surface area contributed by atoms with Gasteiger partial charge in [0.25, 0.3) is 6.01 Å². The van der Waals surface area contributed by atoms with Crippen molar-refractivity contribution in [1.82, 2.24) is 15.2 Å². The number of carbonyl (C=O) groups is 2. The normalized spacial score (nSPS) is 11.8. The molecule has 0 unspecified atom stereocenters. The van der Waals surface area contributed by atoms with Crippen molar-refractivity contribution in [3.05, 3.63) is 33.7 Å². The second kappa shape index (κ2) is 7.37. The highest BCUT2D eigenvalue weighted by Gasteiger charge is 2.18. The summed E-state index contributed by atoms with van der Waals surface area (Å²) in [5.41, 5.74) is 1.24. The molecule has 1 aromatic heterocycles. The molecule has 2 rings (SSSR count). The number of nitrogens with one attached hydrogen (secondary N) is 2. The van der Waals surface area contributed by atoms with Crippen LogP contribution < -0.4 is 16.3 Å². The van der Waals surface area contributed by atoms with Crippen LogP contribution in [0.5, 0.6) is 0 Å². The lowest BCUT2D eigenvalue weighted by Crippen LogP contribution is -2.37. The second-order valence-corrected chi connectivity index (χ2v) is 5.87. The van der Waals surface area contributed by atoms with Gasteiger partial charge < -0.3 is 20.0 Å². The molecular formula is C16H19BN4O4. The molecule has 2 N–H and O–H groups in total. The van der Waals surface area contributed by atoms with Crippen LogP contribution in [-0.2, 0) is 11.3 Å². The van der Waals surface area contributed by atoms with Gasteiger partial charge in [0.1, 0.15) is 6.04 Å². The average Bonchev–Trinajstić information content (AvgIpc) is 2.52. The Balaban J connectivity index is 2.37. The van der Waals surface area contributed by atoms with Gasteiger partial charge in [0.05, 0.1) is 10.9 Å². The molecule has 2 amide bonds. The number of aromatic nitrogens is 1. The summed E-state index contributed by atoms with van der Waals surface area (Å²) in [6, 6.07) is 2.78. The zero-order valence-electron chi connectivity index (χ0n) is 14.5. The van der Waals surface area contributed by atoms with Crippen molar-refractivity contribution in [2.45, 2.75) is 26.4 Å². The Morgan fingerprint density at radius 3 is 2.64 bits per heavy atom. The van der Waals surface area contributed by atoms with Crippen molar-refractivity contribution in [3.8, 4) is 0 Å². The molecule has 1 aromatic carbocycles. The third kappa shape index (κ3) is 4.17. The fraction of sp³-hybridized carbons (Fsp3) is 0.375. The van der Waals surface area contributed by atoms with Gasteiger partial charge >= 0.3 is 5.63 Å². The van der Waals surface area contributed by atoms with Crippen molar-refractivity contribution in [3.63, 3.8) is 0 Å². The highest BCUT2D eigenvalue weighted by atomic mass is 16.4. The first-order valence-electron chi connectivity index (χ1n) is 7.65. The molecule has 0 aliphatic heterocycles. The molecule has 0 saturated heterocycles. The van der Waals surface area contributed by atoms with E-state index in [1.807, 2.05) is 0 Å². The summed E-state index contributed by atoms with van der Waals surface area (Å²) < 4.78 is 5.19. The summed E-state index contributed by atoms with van der Waals surface area (Å²) >= 11 is 0. The van der Waals surface area contributed by atoms with Crippen LogP contribution in [0.4, 0.5) is 10.8 Å². The molecule has 2 radical (unpaired) electrons. The van der Waals surface area contributed by atoms with E-state index in [0.717, 1.165) is 5.56 Å². The average molecular weight is 342 g/mol. The quantitative estimate of drug-likeness (QED) is 0.778. The minimum atomic E-state index is -0.649. The first-order valence-corrected chi connectivity index (χ1v) is 7.65. The van der Waals surface area contributed by atoms with Crippen LogP contribution in [0.1, 0.15) is 18.1 Å². The molecule has 0 saturated carbocycles. The Morgan fingerprint density at radius 1 is 1.36 bits per heavy atom. The Hall–Kier alpha value is -2.84. The predicted molar refractivity (Wildman–Crippen MR) is 94.8 cm³/mol. The molecule has 0 spiro atoms. The first-order chi connectivity index (χ1) is 11.7. The number of fused-ring (bicyclic) bond motifs is 1. The van der Waals surface area contributed by atoms with Crippen LogP contribution in [0.25, 0.3) is 10.9 Å². The summed E-state index contributed by atoms with van der Waals surface area (Å²) in [5.74, 6) is -0.822. The van der Waals surface area contributed by atoms with Gasteiger partial charge in [-0.2, -0.15) is 4.98 Å². The summed E-state index contributed by atoms with van der Waals surface area (Å²) in [7, 11) is 8.33. The number of rotatable bonds is 5. The summed E-state index contributed by atoms with van der Waals surface area (Å²) in [4.78, 5) is 40.8. The fourth-order valence-corrected chi connectivity index (χ4v) is 2.43. The molecule has 0 aliphatic rings. The summed E-state index contributed by atoms with van der Waals surface area (Å²) in [5, 5.41) is 5.59. The van der Waals surface area contributed by atoms with E-state index in [2.05, 4.69) is 15.6 Å². The van der Waals surface area contributed by atoms with Gasteiger partial charge in [0.2, 0.25) is 13.8 Å². The second-order valence-electron chi connectivity index (χ2n) is 5.87. The summed E-state index contributed by atoms with van der Waals surface area (Å²) in [6.07, 6.45) is 0. The summed E-state index contributed by atoms with van der Waals surface area (Å²) in [6.45, 7) is 3.59. The van der Waals surface area contributed by atoms with Crippen LogP contribution in [0.3, 0.4) is 0 Å². The van der Waals surface area contributed by atoms with Gasteiger partial charge in [-0.1, -0.05) is 6.07 Å². The lowest BCUT2D eigenvalue weighted by molar-refractivity contribution is -0.129. The van der Waals surface area contributed by atoms with Crippen LogP contribution in [0, 0.1) is 6.92 Å². The van der Waals surface area contributed by atoms with E-state index in [1.165, 1.54) is 4.90 Å². The molecule has 1 atom stereocenters.